The number of aliphatic hydroxyl groups excluding tert-OH is 1. The number of alkyl halides is 2. The van der Waals surface area contributed by atoms with Gasteiger partial charge in [-0.15, -0.1) is 23.2 Å². The summed E-state index contributed by atoms with van der Waals surface area (Å²) >= 11 is 12.4. The summed E-state index contributed by atoms with van der Waals surface area (Å²) in [5.74, 6) is -0.202. The van der Waals surface area contributed by atoms with Crippen LogP contribution >= 0.6 is 23.2 Å². The van der Waals surface area contributed by atoms with E-state index in [1.807, 2.05) is 13.8 Å². The topological polar surface area (TPSA) is 58.6 Å². The first-order chi connectivity index (χ1) is 7.94. The summed E-state index contributed by atoms with van der Waals surface area (Å²) in [4.78, 5) is 11.5. The Hall–Kier alpha value is -0.0300. The van der Waals surface area contributed by atoms with Gasteiger partial charge in [0.25, 0.3) is 5.91 Å². The highest BCUT2D eigenvalue weighted by molar-refractivity contribution is 6.25. The number of rotatable bonds is 2. The smallest absolute Gasteiger partial charge is 0.252 e. The van der Waals surface area contributed by atoms with E-state index in [0.717, 1.165) is 0 Å². The first kappa shape index (κ1) is 13.4. The minimum atomic E-state index is -0.830. The van der Waals surface area contributed by atoms with Crippen LogP contribution in [0.1, 0.15) is 20.3 Å². The zero-order valence-corrected chi connectivity index (χ0v) is 11.3. The molecule has 1 aliphatic heterocycles. The molecule has 17 heavy (non-hydrogen) atoms. The number of carbonyl (C=O) groups is 1. The molecule has 0 radical (unpaired) electrons. The van der Waals surface area contributed by atoms with Gasteiger partial charge in [0, 0.05) is 12.0 Å². The second-order valence-electron chi connectivity index (χ2n) is 4.83. The molecule has 2 aliphatic rings. The maximum atomic E-state index is 11.5. The molecule has 98 valence electrons. The van der Waals surface area contributed by atoms with E-state index in [1.54, 1.807) is 0 Å². The highest BCUT2D eigenvalue weighted by atomic mass is 35.5. The molecule has 1 aliphatic carbocycles. The van der Waals surface area contributed by atoms with Crippen LogP contribution in [0.2, 0.25) is 0 Å². The molecule has 0 aromatic carbocycles. The van der Waals surface area contributed by atoms with Crippen molar-refractivity contribution in [2.45, 2.75) is 48.8 Å². The van der Waals surface area contributed by atoms with Crippen LogP contribution in [0.25, 0.3) is 0 Å². The molecule has 6 heteroatoms. The molecule has 2 rings (SSSR count). The maximum Gasteiger partial charge on any atom is 0.252 e. The van der Waals surface area contributed by atoms with Crippen LogP contribution < -0.4 is 5.32 Å². The van der Waals surface area contributed by atoms with Gasteiger partial charge in [0.15, 0.2) is 6.10 Å². The number of hydrogen-bond donors (Lipinski definition) is 2. The van der Waals surface area contributed by atoms with E-state index in [4.69, 9.17) is 27.9 Å². The molecule has 1 spiro atoms. The summed E-state index contributed by atoms with van der Waals surface area (Å²) in [6.45, 7) is 4.14. The van der Waals surface area contributed by atoms with Gasteiger partial charge >= 0.3 is 0 Å². The van der Waals surface area contributed by atoms with Crippen molar-refractivity contribution < 1.29 is 14.6 Å². The number of nitrogens with one attached hydrogen (secondary N) is 1. The molecule has 4 nitrogen and oxygen atoms in total. The summed E-state index contributed by atoms with van der Waals surface area (Å²) in [6.07, 6.45) is -0.989. The minimum absolute atomic E-state index is 0.00117. The minimum Gasteiger partial charge on any atom is -0.389 e. The predicted octanol–water partition coefficient (Wildman–Crippen LogP) is 0.876. The first-order valence-corrected chi connectivity index (χ1v) is 6.71. The summed E-state index contributed by atoms with van der Waals surface area (Å²) < 4.78 is 5.40. The summed E-state index contributed by atoms with van der Waals surface area (Å²) in [5.41, 5.74) is -0.807. The second kappa shape index (κ2) is 4.57. The Morgan fingerprint density at radius 1 is 1.59 bits per heavy atom. The lowest BCUT2D eigenvalue weighted by atomic mass is 9.67. The Morgan fingerprint density at radius 3 is 2.76 bits per heavy atom. The standard InChI is InChI=1S/C11H17Cl2NO3/c1-3-17-9-10(16)14-11(9)4-6(12)5(2)7(13)8(11)15/h5-9,15H,3-4H2,1-2H3,(H,14,16). The van der Waals surface area contributed by atoms with E-state index in [-0.39, 0.29) is 17.2 Å². The normalized spacial score (nSPS) is 49.9. The third-order valence-corrected chi connectivity index (χ3v) is 5.02. The number of halogens is 2. The molecule has 2 fully saturated rings. The zero-order chi connectivity index (χ0) is 12.8. The number of ether oxygens (including phenoxy) is 1. The van der Waals surface area contributed by atoms with Gasteiger partial charge in [0.05, 0.1) is 11.5 Å². The van der Waals surface area contributed by atoms with Crippen LogP contribution in [0.15, 0.2) is 0 Å². The number of aliphatic hydroxyl groups is 1. The van der Waals surface area contributed by atoms with Crippen molar-refractivity contribution in [3.63, 3.8) is 0 Å². The Morgan fingerprint density at radius 2 is 2.24 bits per heavy atom. The van der Waals surface area contributed by atoms with Crippen LogP contribution in [-0.4, -0.2) is 46.1 Å². The lowest BCUT2D eigenvalue weighted by Crippen LogP contribution is -2.82. The van der Waals surface area contributed by atoms with Gasteiger partial charge in [-0.25, -0.2) is 0 Å². The lowest BCUT2D eigenvalue weighted by Gasteiger charge is -2.56. The molecule has 0 aromatic rings. The molecule has 6 atom stereocenters. The van der Waals surface area contributed by atoms with Crippen LogP contribution in [0, 0.1) is 5.92 Å². The molecular formula is C11H17Cl2NO3. The van der Waals surface area contributed by atoms with Gasteiger partial charge in [0.2, 0.25) is 0 Å². The van der Waals surface area contributed by atoms with Gasteiger partial charge in [-0.05, 0) is 19.3 Å². The largest absolute Gasteiger partial charge is 0.389 e. The number of hydrogen-bond acceptors (Lipinski definition) is 3. The molecule has 6 unspecified atom stereocenters. The molecule has 1 saturated carbocycles. The summed E-state index contributed by atoms with van der Waals surface area (Å²) in [5, 5.41) is 12.4. The fourth-order valence-corrected chi connectivity index (χ4v) is 3.58. The molecule has 1 heterocycles. The molecule has 2 N–H and O–H groups in total. The number of carbonyl (C=O) groups excluding carboxylic acids is 1. The molecule has 1 amide bonds. The highest BCUT2D eigenvalue weighted by Gasteiger charge is 2.64. The lowest BCUT2D eigenvalue weighted by molar-refractivity contribution is -0.177. The first-order valence-electron chi connectivity index (χ1n) is 5.84. The SMILES string of the molecule is CCOC1C(=O)NC12CC(Cl)C(C)C(Cl)C2O. The molecular weight excluding hydrogens is 265 g/mol. The average molecular weight is 282 g/mol. The van der Waals surface area contributed by atoms with E-state index in [1.165, 1.54) is 0 Å². The molecule has 0 bridgehead atoms. The fraction of sp³-hybridized carbons (Fsp3) is 0.909. The fourth-order valence-electron chi connectivity index (χ4n) is 2.70. The third-order valence-electron chi connectivity index (χ3n) is 3.83. The van der Waals surface area contributed by atoms with Crippen LogP contribution in [0.3, 0.4) is 0 Å². The van der Waals surface area contributed by atoms with Gasteiger partial charge in [-0.1, -0.05) is 6.92 Å². The molecule has 0 aromatic heterocycles. The summed E-state index contributed by atoms with van der Waals surface area (Å²) in [6, 6.07) is 0. The van der Waals surface area contributed by atoms with Crippen molar-refractivity contribution in [2.24, 2.45) is 5.92 Å². The van der Waals surface area contributed by atoms with E-state index >= 15 is 0 Å². The van der Waals surface area contributed by atoms with Gasteiger partial charge in [-0.3, -0.25) is 4.79 Å². The number of β-lactam (4-membered cyclic amide) rings is 1. The quantitative estimate of drug-likeness (QED) is 0.584. The second-order valence-corrected chi connectivity index (χ2v) is 5.90. The number of amides is 1. The Kier molecular flexibility index (Phi) is 3.61. The maximum absolute atomic E-state index is 11.5. The van der Waals surface area contributed by atoms with Crippen molar-refractivity contribution in [2.75, 3.05) is 6.61 Å². The van der Waals surface area contributed by atoms with Crippen LogP contribution in [-0.2, 0) is 9.53 Å². The van der Waals surface area contributed by atoms with Gasteiger partial charge in [-0.2, -0.15) is 0 Å². The van der Waals surface area contributed by atoms with Crippen molar-refractivity contribution in [1.82, 2.24) is 5.32 Å². The summed E-state index contributed by atoms with van der Waals surface area (Å²) in [7, 11) is 0. The van der Waals surface area contributed by atoms with E-state index in [0.29, 0.717) is 13.0 Å². The van der Waals surface area contributed by atoms with Gasteiger partial charge in [0.1, 0.15) is 5.54 Å². The van der Waals surface area contributed by atoms with Crippen molar-refractivity contribution in [3.8, 4) is 0 Å². The Bertz CT molecular complexity index is 328. The van der Waals surface area contributed by atoms with Crippen molar-refractivity contribution >= 4 is 29.1 Å². The Balaban J connectivity index is 2.22. The van der Waals surface area contributed by atoms with Gasteiger partial charge < -0.3 is 15.2 Å². The van der Waals surface area contributed by atoms with Crippen molar-refractivity contribution in [1.29, 1.82) is 0 Å². The third kappa shape index (κ3) is 1.86. The van der Waals surface area contributed by atoms with Crippen LogP contribution in [0.5, 0.6) is 0 Å². The van der Waals surface area contributed by atoms with E-state index < -0.39 is 23.1 Å². The average Bonchev–Trinajstić information content (AvgIpc) is 2.30. The molecule has 1 saturated heterocycles. The Labute approximate surface area is 111 Å². The monoisotopic (exact) mass is 281 g/mol. The zero-order valence-electron chi connectivity index (χ0n) is 9.82. The van der Waals surface area contributed by atoms with Crippen molar-refractivity contribution in [3.05, 3.63) is 0 Å². The highest BCUT2D eigenvalue weighted by Crippen LogP contribution is 2.44. The van der Waals surface area contributed by atoms with E-state index in [2.05, 4.69) is 5.32 Å². The van der Waals surface area contributed by atoms with E-state index in [9.17, 15) is 9.90 Å². The van der Waals surface area contributed by atoms with Crippen LogP contribution in [0.4, 0.5) is 0 Å². The predicted molar refractivity (Wildman–Crippen MR) is 65.4 cm³/mol.